The van der Waals surface area contributed by atoms with Crippen molar-refractivity contribution in [1.29, 1.82) is 0 Å². The van der Waals surface area contributed by atoms with Crippen molar-refractivity contribution in [2.45, 2.75) is 0 Å². The standard InChI is InChI=1S/C11H8BrClN4O4/c12-6-2-4(13)1-5(10(6)21-3-7(18)19)8-9(11(14)20)16-17-15-8/h1-2H,3H2,(H2,14,20)(H,18,19)(H,15,16,17). The average molecular weight is 376 g/mol. The van der Waals surface area contributed by atoms with E-state index in [0.717, 1.165) is 0 Å². The van der Waals surface area contributed by atoms with Crippen LogP contribution in [0.5, 0.6) is 5.75 Å². The van der Waals surface area contributed by atoms with Gasteiger partial charge in [-0.1, -0.05) is 11.6 Å². The Morgan fingerprint density at radius 2 is 2.14 bits per heavy atom. The van der Waals surface area contributed by atoms with Crippen molar-refractivity contribution in [3.05, 3.63) is 27.3 Å². The molecule has 1 aromatic heterocycles. The number of amides is 1. The molecule has 0 fully saturated rings. The van der Waals surface area contributed by atoms with Crippen LogP contribution in [0.4, 0.5) is 0 Å². The van der Waals surface area contributed by atoms with Gasteiger partial charge in [0.05, 0.1) is 4.47 Å². The van der Waals surface area contributed by atoms with Crippen LogP contribution in [0.25, 0.3) is 11.3 Å². The molecule has 10 heteroatoms. The Morgan fingerprint density at radius 1 is 1.43 bits per heavy atom. The largest absolute Gasteiger partial charge is 0.480 e. The number of carboxylic acid groups (broad SMARTS) is 1. The summed E-state index contributed by atoms with van der Waals surface area (Å²) in [6.07, 6.45) is 0. The lowest BCUT2D eigenvalue weighted by atomic mass is 10.1. The highest BCUT2D eigenvalue weighted by Gasteiger charge is 2.21. The molecule has 0 saturated heterocycles. The minimum Gasteiger partial charge on any atom is -0.480 e. The van der Waals surface area contributed by atoms with E-state index in [1.807, 2.05) is 0 Å². The lowest BCUT2D eigenvalue weighted by molar-refractivity contribution is -0.139. The van der Waals surface area contributed by atoms with Crippen molar-refractivity contribution in [3.8, 4) is 17.0 Å². The zero-order valence-electron chi connectivity index (χ0n) is 10.3. The van der Waals surface area contributed by atoms with E-state index in [1.165, 1.54) is 12.1 Å². The van der Waals surface area contributed by atoms with E-state index < -0.39 is 18.5 Å². The number of nitrogens with two attached hydrogens (primary N) is 1. The van der Waals surface area contributed by atoms with Gasteiger partial charge < -0.3 is 15.6 Å². The van der Waals surface area contributed by atoms with Crippen LogP contribution in [0.15, 0.2) is 16.6 Å². The van der Waals surface area contributed by atoms with E-state index in [2.05, 4.69) is 31.3 Å². The predicted molar refractivity (Wildman–Crippen MR) is 76.2 cm³/mol. The summed E-state index contributed by atoms with van der Waals surface area (Å²) < 4.78 is 5.61. The van der Waals surface area contributed by atoms with Crippen molar-refractivity contribution in [1.82, 2.24) is 15.4 Å². The minimum atomic E-state index is -1.15. The third kappa shape index (κ3) is 3.31. The number of aliphatic carboxylic acids is 1. The van der Waals surface area contributed by atoms with E-state index in [1.54, 1.807) is 0 Å². The van der Waals surface area contributed by atoms with Crippen LogP contribution in [0.2, 0.25) is 5.02 Å². The molecule has 0 aliphatic heterocycles. The Hall–Kier alpha value is -2.13. The van der Waals surface area contributed by atoms with Crippen molar-refractivity contribution >= 4 is 39.4 Å². The number of aromatic nitrogens is 3. The first-order chi connectivity index (χ1) is 9.90. The van der Waals surface area contributed by atoms with Gasteiger partial charge in [0.25, 0.3) is 5.91 Å². The SMILES string of the molecule is NC(=O)c1n[nH]nc1-c1cc(Cl)cc(Br)c1OCC(=O)O. The second-order valence-corrected chi connectivity index (χ2v) is 5.12. The highest BCUT2D eigenvalue weighted by Crippen LogP contribution is 2.39. The molecule has 2 aromatic rings. The number of ether oxygens (including phenoxy) is 1. The van der Waals surface area contributed by atoms with E-state index in [9.17, 15) is 9.59 Å². The van der Waals surface area contributed by atoms with E-state index in [0.29, 0.717) is 9.50 Å². The van der Waals surface area contributed by atoms with Gasteiger partial charge in [-0.25, -0.2) is 4.79 Å². The summed E-state index contributed by atoms with van der Waals surface area (Å²) in [4.78, 5) is 22.0. The smallest absolute Gasteiger partial charge is 0.341 e. The number of hydrogen-bond donors (Lipinski definition) is 3. The first-order valence-corrected chi connectivity index (χ1v) is 6.61. The quantitative estimate of drug-likeness (QED) is 0.725. The van der Waals surface area contributed by atoms with Crippen LogP contribution in [0.1, 0.15) is 10.5 Å². The fourth-order valence-electron chi connectivity index (χ4n) is 1.61. The fraction of sp³-hybridized carbons (Fsp3) is 0.0909. The zero-order valence-corrected chi connectivity index (χ0v) is 12.6. The van der Waals surface area contributed by atoms with Crippen molar-refractivity contribution in [2.24, 2.45) is 5.73 Å². The van der Waals surface area contributed by atoms with Crippen molar-refractivity contribution in [3.63, 3.8) is 0 Å². The second-order valence-electron chi connectivity index (χ2n) is 3.83. The summed E-state index contributed by atoms with van der Waals surface area (Å²) in [6.45, 7) is -0.572. The number of halogens is 2. The summed E-state index contributed by atoms with van der Waals surface area (Å²) in [6, 6.07) is 2.99. The maximum absolute atomic E-state index is 11.3. The van der Waals surface area contributed by atoms with Crippen molar-refractivity contribution < 1.29 is 19.4 Å². The molecule has 0 unspecified atom stereocenters. The zero-order chi connectivity index (χ0) is 15.6. The van der Waals surface area contributed by atoms with Crippen LogP contribution in [-0.4, -0.2) is 39.0 Å². The Morgan fingerprint density at radius 3 is 2.76 bits per heavy atom. The molecule has 0 radical (unpaired) electrons. The second kappa shape index (κ2) is 6.10. The average Bonchev–Trinajstić information content (AvgIpc) is 2.85. The molecule has 0 saturated carbocycles. The molecule has 1 heterocycles. The third-order valence-electron chi connectivity index (χ3n) is 2.38. The van der Waals surface area contributed by atoms with Crippen LogP contribution in [0, 0.1) is 0 Å². The molecule has 0 aliphatic carbocycles. The highest BCUT2D eigenvalue weighted by molar-refractivity contribution is 9.10. The molecule has 110 valence electrons. The first kappa shape index (κ1) is 15.3. The number of carboxylic acids is 1. The predicted octanol–water partition coefficient (Wildman–Crippen LogP) is 1.45. The fourth-order valence-corrected chi connectivity index (χ4v) is 2.53. The molecule has 21 heavy (non-hydrogen) atoms. The lowest BCUT2D eigenvalue weighted by Crippen LogP contribution is -2.14. The Kier molecular flexibility index (Phi) is 4.43. The summed E-state index contributed by atoms with van der Waals surface area (Å²) in [7, 11) is 0. The molecule has 0 atom stereocenters. The van der Waals surface area contributed by atoms with Gasteiger partial charge in [0.15, 0.2) is 12.3 Å². The molecular formula is C11H8BrClN4O4. The van der Waals surface area contributed by atoms with Crippen LogP contribution >= 0.6 is 27.5 Å². The maximum Gasteiger partial charge on any atom is 0.341 e. The van der Waals surface area contributed by atoms with E-state index in [-0.39, 0.29) is 22.7 Å². The van der Waals surface area contributed by atoms with E-state index >= 15 is 0 Å². The molecule has 1 aromatic carbocycles. The van der Waals surface area contributed by atoms with E-state index in [4.69, 9.17) is 27.2 Å². The summed E-state index contributed by atoms with van der Waals surface area (Å²) >= 11 is 9.18. The Balaban J connectivity index is 2.58. The van der Waals surface area contributed by atoms with Gasteiger partial charge in [-0.05, 0) is 28.1 Å². The number of carbonyl (C=O) groups excluding carboxylic acids is 1. The van der Waals surface area contributed by atoms with Gasteiger partial charge in [0.1, 0.15) is 11.4 Å². The number of nitrogens with one attached hydrogen (secondary N) is 1. The summed E-state index contributed by atoms with van der Waals surface area (Å²) in [5, 5.41) is 18.8. The molecule has 8 nitrogen and oxygen atoms in total. The summed E-state index contributed by atoms with van der Waals surface area (Å²) in [5.74, 6) is -1.78. The topological polar surface area (TPSA) is 131 Å². The molecule has 1 amide bonds. The number of aromatic amines is 1. The highest BCUT2D eigenvalue weighted by atomic mass is 79.9. The monoisotopic (exact) mass is 374 g/mol. The normalized spacial score (nSPS) is 10.4. The van der Waals surface area contributed by atoms with Crippen molar-refractivity contribution in [2.75, 3.05) is 6.61 Å². The molecular weight excluding hydrogens is 368 g/mol. The number of nitrogens with zero attached hydrogens (tertiary/aromatic N) is 2. The molecule has 0 bridgehead atoms. The van der Waals surface area contributed by atoms with Gasteiger partial charge >= 0.3 is 5.97 Å². The van der Waals surface area contributed by atoms with Gasteiger partial charge in [-0.15, -0.1) is 0 Å². The first-order valence-electron chi connectivity index (χ1n) is 5.44. The Bertz CT molecular complexity index is 718. The Labute approximate surface area is 131 Å². The van der Waals surface area contributed by atoms with Gasteiger partial charge in [0, 0.05) is 10.6 Å². The number of H-pyrrole nitrogens is 1. The van der Waals surface area contributed by atoms with Gasteiger partial charge in [0.2, 0.25) is 0 Å². The number of primary amides is 1. The number of carbonyl (C=O) groups is 2. The minimum absolute atomic E-state index is 0.107. The summed E-state index contributed by atoms with van der Waals surface area (Å²) in [5.41, 5.74) is 5.50. The third-order valence-corrected chi connectivity index (χ3v) is 3.19. The molecule has 4 N–H and O–H groups in total. The van der Waals surface area contributed by atoms with Crippen LogP contribution < -0.4 is 10.5 Å². The number of rotatable bonds is 5. The molecule has 0 aliphatic rings. The lowest BCUT2D eigenvalue weighted by Gasteiger charge is -2.11. The van der Waals surface area contributed by atoms with Crippen LogP contribution in [0.3, 0.4) is 0 Å². The molecule has 0 spiro atoms. The van der Waals surface area contributed by atoms with Crippen LogP contribution in [-0.2, 0) is 4.79 Å². The number of hydrogen-bond acceptors (Lipinski definition) is 5. The maximum atomic E-state index is 11.3. The number of benzene rings is 1. The molecule has 2 rings (SSSR count). The van der Waals surface area contributed by atoms with Gasteiger partial charge in [-0.3, -0.25) is 4.79 Å². The van der Waals surface area contributed by atoms with Gasteiger partial charge in [-0.2, -0.15) is 15.4 Å².